The molecular weight excluding hydrogens is 637 g/mol. The molecule has 1 aliphatic rings. The van der Waals surface area contributed by atoms with Crippen LogP contribution in [0.5, 0.6) is 0 Å². The number of carbonyl (C=O) groups excluding carboxylic acids is 2. The van der Waals surface area contributed by atoms with Crippen molar-refractivity contribution in [2.24, 2.45) is 0 Å². The molecule has 10 heteroatoms. The molecule has 47 heavy (non-hydrogen) atoms. The third kappa shape index (κ3) is 8.39. The van der Waals surface area contributed by atoms with Crippen molar-refractivity contribution in [1.29, 1.82) is 0 Å². The molecule has 1 N–H and O–H groups in total. The Morgan fingerprint density at radius 1 is 0.915 bits per heavy atom. The average molecular weight is 676 g/mol. The van der Waals surface area contributed by atoms with Gasteiger partial charge in [-0.15, -0.1) is 0 Å². The van der Waals surface area contributed by atoms with Crippen LogP contribution in [0.25, 0.3) is 0 Å². The number of halogens is 2. The first-order chi connectivity index (χ1) is 22.5. The van der Waals surface area contributed by atoms with Crippen molar-refractivity contribution < 1.29 is 22.4 Å². The van der Waals surface area contributed by atoms with E-state index in [9.17, 15) is 18.0 Å². The molecule has 246 valence electrons. The predicted octanol–water partition coefficient (Wildman–Crippen LogP) is 6.99. The van der Waals surface area contributed by atoms with Gasteiger partial charge in [0.2, 0.25) is 11.8 Å². The number of anilines is 1. The zero-order valence-electron chi connectivity index (χ0n) is 26.5. The maximum absolute atomic E-state index is 15.1. The summed E-state index contributed by atoms with van der Waals surface area (Å²) >= 11 is 6.35. The number of sulfonamides is 1. The molecular formula is C37H39ClFN3O4S. The lowest BCUT2D eigenvalue weighted by Gasteiger charge is -2.34. The van der Waals surface area contributed by atoms with Gasteiger partial charge < -0.3 is 10.2 Å². The number of rotatable bonds is 12. The molecule has 5 rings (SSSR count). The lowest BCUT2D eigenvalue weighted by molar-refractivity contribution is -0.140. The summed E-state index contributed by atoms with van der Waals surface area (Å²) in [4.78, 5) is 30.0. The Kier molecular flexibility index (Phi) is 11.0. The molecule has 0 saturated heterocycles. The molecule has 1 atom stereocenters. The van der Waals surface area contributed by atoms with Gasteiger partial charge >= 0.3 is 0 Å². The van der Waals surface area contributed by atoms with Crippen LogP contribution in [0.2, 0.25) is 5.02 Å². The van der Waals surface area contributed by atoms with Crippen molar-refractivity contribution in [3.8, 4) is 0 Å². The van der Waals surface area contributed by atoms with Gasteiger partial charge in [-0.1, -0.05) is 96.7 Å². The molecule has 4 aromatic carbocycles. The topological polar surface area (TPSA) is 86.8 Å². The van der Waals surface area contributed by atoms with Crippen molar-refractivity contribution in [2.45, 2.75) is 69.5 Å². The molecule has 1 saturated carbocycles. The molecule has 1 fully saturated rings. The Balaban J connectivity index is 1.60. The van der Waals surface area contributed by atoms with Gasteiger partial charge in [0, 0.05) is 29.6 Å². The minimum Gasteiger partial charge on any atom is -0.352 e. The van der Waals surface area contributed by atoms with Gasteiger partial charge in [-0.3, -0.25) is 13.9 Å². The summed E-state index contributed by atoms with van der Waals surface area (Å²) in [6.07, 6.45) is 3.82. The number of amides is 2. The van der Waals surface area contributed by atoms with E-state index in [4.69, 9.17) is 11.6 Å². The van der Waals surface area contributed by atoms with Crippen molar-refractivity contribution in [2.75, 3.05) is 10.8 Å². The van der Waals surface area contributed by atoms with Crippen molar-refractivity contribution in [1.82, 2.24) is 10.2 Å². The normalized spacial score (nSPS) is 14.0. The van der Waals surface area contributed by atoms with E-state index in [1.807, 2.05) is 37.3 Å². The van der Waals surface area contributed by atoms with Crippen LogP contribution in [0.3, 0.4) is 0 Å². The number of benzene rings is 4. The lowest BCUT2D eigenvalue weighted by atomic mass is 10.0. The third-order valence-corrected chi connectivity index (χ3v) is 10.6. The maximum atomic E-state index is 15.1. The Morgan fingerprint density at radius 2 is 1.57 bits per heavy atom. The fourth-order valence-corrected chi connectivity index (χ4v) is 7.57. The SMILES string of the molecule is Cc1ccc(S(=O)(=O)N(CC(=O)N(Cc2ccccc2F)[C@@H](Cc2ccccc2)C(=O)NC2CCCC2)c2cc(Cl)ccc2C)cc1. The Bertz CT molecular complexity index is 1810. The fourth-order valence-electron chi connectivity index (χ4n) is 5.93. The predicted molar refractivity (Wildman–Crippen MR) is 183 cm³/mol. The van der Waals surface area contributed by atoms with Crippen LogP contribution < -0.4 is 9.62 Å². The van der Waals surface area contributed by atoms with E-state index >= 15 is 4.39 Å². The monoisotopic (exact) mass is 675 g/mol. The van der Waals surface area contributed by atoms with Crippen LogP contribution in [0.4, 0.5) is 10.1 Å². The third-order valence-electron chi connectivity index (χ3n) is 8.60. The number of hydrogen-bond acceptors (Lipinski definition) is 4. The van der Waals surface area contributed by atoms with Crippen LogP contribution in [-0.2, 0) is 32.6 Å². The molecule has 0 unspecified atom stereocenters. The molecule has 0 heterocycles. The summed E-state index contributed by atoms with van der Waals surface area (Å²) in [6, 6.07) is 25.5. The minimum absolute atomic E-state index is 0.00394. The van der Waals surface area contributed by atoms with E-state index in [1.165, 1.54) is 29.2 Å². The minimum atomic E-state index is -4.29. The van der Waals surface area contributed by atoms with Gasteiger partial charge in [0.25, 0.3) is 10.0 Å². The summed E-state index contributed by atoms with van der Waals surface area (Å²) in [5.41, 5.74) is 2.70. The highest BCUT2D eigenvalue weighted by molar-refractivity contribution is 7.92. The van der Waals surface area contributed by atoms with Gasteiger partial charge in [-0.05, 0) is 68.1 Å². The number of hydrogen-bond donors (Lipinski definition) is 1. The summed E-state index contributed by atoms with van der Waals surface area (Å²) in [5.74, 6) is -1.56. The van der Waals surface area contributed by atoms with Crippen LogP contribution in [0.1, 0.15) is 47.9 Å². The highest BCUT2D eigenvalue weighted by Gasteiger charge is 2.36. The fraction of sp³-hybridized carbons (Fsp3) is 0.297. The number of carbonyl (C=O) groups is 2. The molecule has 2 amide bonds. The zero-order valence-corrected chi connectivity index (χ0v) is 28.1. The molecule has 0 spiro atoms. The second-order valence-corrected chi connectivity index (χ2v) is 14.4. The molecule has 0 aromatic heterocycles. The molecule has 4 aromatic rings. The van der Waals surface area contributed by atoms with E-state index in [0.717, 1.165) is 41.1 Å². The highest BCUT2D eigenvalue weighted by Crippen LogP contribution is 2.30. The average Bonchev–Trinajstić information content (AvgIpc) is 3.57. The van der Waals surface area contributed by atoms with Crippen LogP contribution >= 0.6 is 11.6 Å². The zero-order chi connectivity index (χ0) is 33.6. The molecule has 0 aliphatic heterocycles. The quantitative estimate of drug-likeness (QED) is 0.175. The first-order valence-corrected chi connectivity index (χ1v) is 17.6. The Morgan fingerprint density at radius 3 is 2.26 bits per heavy atom. The van der Waals surface area contributed by atoms with Gasteiger partial charge in [0.05, 0.1) is 10.6 Å². The number of nitrogens with one attached hydrogen (secondary N) is 1. The Hall–Kier alpha value is -4.21. The largest absolute Gasteiger partial charge is 0.352 e. The highest BCUT2D eigenvalue weighted by atomic mass is 35.5. The van der Waals surface area contributed by atoms with Crippen molar-refractivity contribution in [3.05, 3.63) is 130 Å². The smallest absolute Gasteiger partial charge is 0.264 e. The van der Waals surface area contributed by atoms with Gasteiger partial charge in [-0.25, -0.2) is 12.8 Å². The van der Waals surface area contributed by atoms with Gasteiger partial charge in [0.15, 0.2) is 0 Å². The van der Waals surface area contributed by atoms with Crippen molar-refractivity contribution >= 4 is 39.1 Å². The summed E-state index contributed by atoms with van der Waals surface area (Å²) in [6.45, 7) is 2.70. The van der Waals surface area contributed by atoms with Gasteiger partial charge in [0.1, 0.15) is 18.4 Å². The van der Waals surface area contributed by atoms with E-state index in [-0.39, 0.29) is 41.1 Å². The van der Waals surface area contributed by atoms with Gasteiger partial charge in [-0.2, -0.15) is 0 Å². The first-order valence-electron chi connectivity index (χ1n) is 15.8. The first kappa shape index (κ1) is 34.1. The molecule has 0 radical (unpaired) electrons. The molecule has 0 bridgehead atoms. The van der Waals surface area contributed by atoms with E-state index < -0.39 is 34.3 Å². The summed E-state index contributed by atoms with van der Waals surface area (Å²) in [5, 5.41) is 3.42. The van der Waals surface area contributed by atoms with E-state index in [0.29, 0.717) is 10.6 Å². The van der Waals surface area contributed by atoms with Crippen LogP contribution in [0, 0.1) is 19.7 Å². The number of nitrogens with zero attached hydrogens (tertiary/aromatic N) is 2. The molecule has 7 nitrogen and oxygen atoms in total. The van der Waals surface area contributed by atoms with Crippen LogP contribution in [0.15, 0.2) is 102 Å². The van der Waals surface area contributed by atoms with Crippen LogP contribution in [-0.4, -0.2) is 43.8 Å². The second kappa shape index (κ2) is 15.1. The van der Waals surface area contributed by atoms with E-state index in [2.05, 4.69) is 5.32 Å². The summed E-state index contributed by atoms with van der Waals surface area (Å²) in [7, 11) is -4.29. The number of aryl methyl sites for hydroxylation is 2. The second-order valence-electron chi connectivity index (χ2n) is 12.1. The van der Waals surface area contributed by atoms with E-state index in [1.54, 1.807) is 49.4 Å². The lowest BCUT2D eigenvalue weighted by Crippen LogP contribution is -2.54. The maximum Gasteiger partial charge on any atom is 0.264 e. The molecule has 1 aliphatic carbocycles. The summed E-state index contributed by atoms with van der Waals surface area (Å²) < 4.78 is 44.7. The van der Waals surface area contributed by atoms with Crippen molar-refractivity contribution in [3.63, 3.8) is 0 Å². The standard InChI is InChI=1S/C37H39ClFN3O4S/c1-26-16-20-32(21-17-26)47(45,46)42(34-23-30(38)19-18-27(34)2)25-36(43)41(24-29-12-6-9-15-33(29)39)35(22-28-10-4-3-5-11-28)37(44)40-31-13-7-8-14-31/h3-6,9-12,15-21,23,31,35H,7-8,13-14,22,24-25H2,1-2H3,(H,40,44)/t35-/m0/s1. The Labute approximate surface area is 281 Å².